The van der Waals surface area contributed by atoms with Crippen LogP contribution in [0.25, 0.3) is 16.7 Å². The van der Waals surface area contributed by atoms with Crippen molar-refractivity contribution in [3.8, 4) is 12.1 Å². The van der Waals surface area contributed by atoms with Gasteiger partial charge in [0.25, 0.3) is 0 Å². The Morgan fingerprint density at radius 3 is 1.58 bits per heavy atom. The van der Waals surface area contributed by atoms with Gasteiger partial charge in [-0.3, -0.25) is 0 Å². The predicted octanol–water partition coefficient (Wildman–Crippen LogP) is 7.22. The van der Waals surface area contributed by atoms with Crippen molar-refractivity contribution in [1.29, 1.82) is 10.5 Å². The van der Waals surface area contributed by atoms with E-state index >= 15 is 0 Å². The van der Waals surface area contributed by atoms with Gasteiger partial charge in [-0.25, -0.2) is 0 Å². The summed E-state index contributed by atoms with van der Waals surface area (Å²) in [7, 11) is 0. The van der Waals surface area contributed by atoms with E-state index in [4.69, 9.17) is 0 Å². The molecule has 0 N–H and O–H groups in total. The van der Waals surface area contributed by atoms with Crippen LogP contribution in [0.1, 0.15) is 39.3 Å². The van der Waals surface area contributed by atoms with Crippen LogP contribution in [-0.4, -0.2) is 0 Å². The lowest BCUT2D eigenvalue weighted by molar-refractivity contribution is 1.12. The fourth-order valence-electron chi connectivity index (χ4n) is 4.49. The van der Waals surface area contributed by atoms with E-state index in [9.17, 15) is 10.5 Å². The number of allylic oxidation sites excluding steroid dienone is 4. The van der Waals surface area contributed by atoms with Crippen molar-refractivity contribution in [2.24, 2.45) is 0 Å². The lowest BCUT2D eigenvalue weighted by Gasteiger charge is -2.18. The van der Waals surface area contributed by atoms with Gasteiger partial charge in [-0.1, -0.05) is 91.0 Å². The normalized spacial score (nSPS) is 15.0. The molecule has 0 saturated heterocycles. The van der Waals surface area contributed by atoms with Gasteiger partial charge < -0.3 is 0 Å². The molecule has 4 aromatic carbocycles. The van der Waals surface area contributed by atoms with Crippen LogP contribution in [0.15, 0.2) is 115 Å². The average molecular weight is 421 g/mol. The zero-order valence-corrected chi connectivity index (χ0v) is 17.9. The SMILES string of the molecule is N#Cc1ccc(C2=C(c3ccc(C#N)cc3)C(c3ccccc3)C=C2c2ccccc2)cc1. The molecule has 1 aliphatic rings. The molecule has 0 aromatic heterocycles. The molecule has 4 aromatic rings. The molecule has 1 aliphatic carbocycles. The summed E-state index contributed by atoms with van der Waals surface area (Å²) in [6, 6.07) is 41.0. The summed E-state index contributed by atoms with van der Waals surface area (Å²) < 4.78 is 0. The highest BCUT2D eigenvalue weighted by atomic mass is 14.3. The molecule has 1 unspecified atom stereocenters. The number of hydrogen-bond donors (Lipinski definition) is 0. The quantitative estimate of drug-likeness (QED) is 0.350. The van der Waals surface area contributed by atoms with E-state index in [1.54, 1.807) is 0 Å². The standard InChI is InChI=1S/C31H20N2/c32-20-22-11-15-26(16-12-22)30-28(24-7-3-1-4-8-24)19-29(25-9-5-2-6-10-25)31(30)27-17-13-23(21-33)14-18-27/h1-19,28H. The molecule has 0 amide bonds. The maximum absolute atomic E-state index is 9.30. The van der Waals surface area contributed by atoms with Crippen LogP contribution in [0.2, 0.25) is 0 Å². The third-order valence-electron chi connectivity index (χ3n) is 6.05. The Bertz CT molecular complexity index is 1430. The second kappa shape index (κ2) is 8.83. The summed E-state index contributed by atoms with van der Waals surface area (Å²) >= 11 is 0. The smallest absolute Gasteiger partial charge is 0.0991 e. The largest absolute Gasteiger partial charge is 0.192 e. The van der Waals surface area contributed by atoms with Gasteiger partial charge in [-0.15, -0.1) is 0 Å². The summed E-state index contributed by atoms with van der Waals surface area (Å²) in [4.78, 5) is 0. The summed E-state index contributed by atoms with van der Waals surface area (Å²) in [5.74, 6) is 0.0694. The van der Waals surface area contributed by atoms with Gasteiger partial charge in [0.2, 0.25) is 0 Å². The van der Waals surface area contributed by atoms with E-state index in [0.29, 0.717) is 11.1 Å². The number of hydrogen-bond acceptors (Lipinski definition) is 2. The molecule has 5 rings (SSSR count). The molecule has 0 fully saturated rings. The first-order valence-corrected chi connectivity index (χ1v) is 10.9. The highest BCUT2D eigenvalue weighted by molar-refractivity contribution is 6.20. The molecule has 2 heteroatoms. The van der Waals surface area contributed by atoms with Gasteiger partial charge in [-0.05, 0) is 63.2 Å². The van der Waals surface area contributed by atoms with E-state index in [1.807, 2.05) is 60.7 Å². The van der Waals surface area contributed by atoms with Crippen molar-refractivity contribution >= 4 is 16.7 Å². The highest BCUT2D eigenvalue weighted by Crippen LogP contribution is 2.51. The van der Waals surface area contributed by atoms with Crippen LogP contribution in [-0.2, 0) is 0 Å². The van der Waals surface area contributed by atoms with Gasteiger partial charge in [0.05, 0.1) is 23.3 Å². The molecule has 0 radical (unpaired) electrons. The molecule has 1 atom stereocenters. The highest BCUT2D eigenvalue weighted by Gasteiger charge is 2.30. The zero-order chi connectivity index (χ0) is 22.6. The second-order valence-electron chi connectivity index (χ2n) is 8.00. The molecule has 0 aliphatic heterocycles. The third-order valence-corrected chi connectivity index (χ3v) is 6.05. The minimum Gasteiger partial charge on any atom is -0.192 e. The van der Waals surface area contributed by atoms with Gasteiger partial charge in [0.15, 0.2) is 0 Å². The van der Waals surface area contributed by atoms with E-state index < -0.39 is 0 Å². The Labute approximate surface area is 194 Å². The molecule has 0 spiro atoms. The molecule has 2 nitrogen and oxygen atoms in total. The van der Waals surface area contributed by atoms with Crippen LogP contribution in [0.5, 0.6) is 0 Å². The fraction of sp³-hybridized carbons (Fsp3) is 0.0323. The van der Waals surface area contributed by atoms with Crippen molar-refractivity contribution in [3.05, 3.63) is 149 Å². The minimum absolute atomic E-state index is 0.0694. The van der Waals surface area contributed by atoms with Crippen molar-refractivity contribution < 1.29 is 0 Å². The first kappa shape index (κ1) is 20.3. The lowest BCUT2D eigenvalue weighted by Crippen LogP contribution is -1.98. The number of benzene rings is 4. The van der Waals surface area contributed by atoms with E-state index in [-0.39, 0.29) is 5.92 Å². The number of nitriles is 2. The van der Waals surface area contributed by atoms with Gasteiger partial charge in [0.1, 0.15) is 0 Å². The summed E-state index contributed by atoms with van der Waals surface area (Å²) in [5, 5.41) is 18.6. The van der Waals surface area contributed by atoms with Crippen molar-refractivity contribution in [2.75, 3.05) is 0 Å². The predicted molar refractivity (Wildman–Crippen MR) is 133 cm³/mol. The Balaban J connectivity index is 1.80. The van der Waals surface area contributed by atoms with E-state index in [0.717, 1.165) is 22.3 Å². The van der Waals surface area contributed by atoms with Crippen LogP contribution < -0.4 is 0 Å². The zero-order valence-electron chi connectivity index (χ0n) is 17.9. The van der Waals surface area contributed by atoms with Gasteiger partial charge >= 0.3 is 0 Å². The third kappa shape index (κ3) is 3.87. The van der Waals surface area contributed by atoms with Crippen molar-refractivity contribution in [1.82, 2.24) is 0 Å². The number of rotatable bonds is 4. The summed E-state index contributed by atoms with van der Waals surface area (Å²) in [6.07, 6.45) is 2.34. The lowest BCUT2D eigenvalue weighted by atomic mass is 9.85. The second-order valence-corrected chi connectivity index (χ2v) is 8.00. The van der Waals surface area contributed by atoms with E-state index in [1.165, 1.54) is 16.7 Å². The molecular weight excluding hydrogens is 400 g/mol. The first-order chi connectivity index (χ1) is 16.3. The maximum Gasteiger partial charge on any atom is 0.0991 e. The van der Waals surface area contributed by atoms with Crippen molar-refractivity contribution in [3.63, 3.8) is 0 Å². The van der Waals surface area contributed by atoms with Crippen LogP contribution in [0.3, 0.4) is 0 Å². The maximum atomic E-state index is 9.30. The molecule has 0 heterocycles. The Morgan fingerprint density at radius 2 is 1.03 bits per heavy atom. The Hall–Kier alpha value is -4.66. The fourth-order valence-corrected chi connectivity index (χ4v) is 4.49. The Kier molecular flexibility index (Phi) is 5.42. The Morgan fingerprint density at radius 1 is 0.515 bits per heavy atom. The number of nitrogens with zero attached hydrogens (tertiary/aromatic N) is 2. The first-order valence-electron chi connectivity index (χ1n) is 10.9. The average Bonchev–Trinajstić information content (AvgIpc) is 3.30. The molecule has 0 saturated carbocycles. The van der Waals surface area contributed by atoms with Gasteiger partial charge in [-0.2, -0.15) is 10.5 Å². The monoisotopic (exact) mass is 420 g/mol. The summed E-state index contributed by atoms with van der Waals surface area (Å²) in [6.45, 7) is 0. The molecule has 33 heavy (non-hydrogen) atoms. The van der Waals surface area contributed by atoms with Crippen molar-refractivity contribution in [2.45, 2.75) is 5.92 Å². The summed E-state index contributed by atoms with van der Waals surface area (Å²) in [5.41, 5.74) is 9.35. The molecule has 0 bridgehead atoms. The molecule has 154 valence electrons. The van der Waals surface area contributed by atoms with Crippen LogP contribution in [0.4, 0.5) is 0 Å². The van der Waals surface area contributed by atoms with Crippen LogP contribution in [0, 0.1) is 22.7 Å². The topological polar surface area (TPSA) is 47.6 Å². The molecular formula is C31H20N2. The van der Waals surface area contributed by atoms with Crippen LogP contribution >= 0.6 is 0 Å². The van der Waals surface area contributed by atoms with E-state index in [2.05, 4.69) is 66.7 Å². The van der Waals surface area contributed by atoms with Gasteiger partial charge in [0, 0.05) is 5.92 Å². The minimum atomic E-state index is 0.0694.